The van der Waals surface area contributed by atoms with Crippen LogP contribution in [-0.2, 0) is 25.5 Å². The highest BCUT2D eigenvalue weighted by molar-refractivity contribution is 5.93. The minimum atomic E-state index is -0.793. The van der Waals surface area contributed by atoms with Crippen molar-refractivity contribution in [1.82, 2.24) is 4.57 Å². The summed E-state index contributed by atoms with van der Waals surface area (Å²) in [5, 5.41) is 0.794. The van der Waals surface area contributed by atoms with Crippen molar-refractivity contribution in [3.8, 4) is 11.1 Å². The lowest BCUT2D eigenvalue weighted by atomic mass is 9.95. The molecule has 1 amide bonds. The van der Waals surface area contributed by atoms with Gasteiger partial charge in [0.1, 0.15) is 12.2 Å². The predicted molar refractivity (Wildman–Crippen MR) is 149 cm³/mol. The quantitative estimate of drug-likeness (QED) is 0.307. The van der Waals surface area contributed by atoms with Crippen molar-refractivity contribution in [2.24, 2.45) is 11.7 Å². The summed E-state index contributed by atoms with van der Waals surface area (Å²) in [7, 11) is 0. The number of carbonyl (C=O) groups excluding carboxylic acids is 3. The van der Waals surface area contributed by atoms with Crippen LogP contribution in [0.25, 0.3) is 22.0 Å². The molecule has 1 heterocycles. The number of ether oxygens (including phenoxy) is 2. The van der Waals surface area contributed by atoms with Gasteiger partial charge in [0, 0.05) is 17.5 Å². The molecule has 0 bridgehead atoms. The van der Waals surface area contributed by atoms with Gasteiger partial charge in [0.05, 0.1) is 17.9 Å². The molecule has 0 fully saturated rings. The van der Waals surface area contributed by atoms with Gasteiger partial charge in [0.25, 0.3) is 0 Å². The number of para-hydroxylation sites is 1. The first kappa shape index (κ1) is 26.2. The van der Waals surface area contributed by atoms with E-state index in [1.807, 2.05) is 48.5 Å². The lowest BCUT2D eigenvalue weighted by molar-refractivity contribution is -0.146. The maximum Gasteiger partial charge on any atom is 0.419 e. The fourth-order valence-corrected chi connectivity index (χ4v) is 5.29. The third-order valence-corrected chi connectivity index (χ3v) is 7.04. The van der Waals surface area contributed by atoms with Crippen LogP contribution in [0.15, 0.2) is 79.0 Å². The van der Waals surface area contributed by atoms with Crippen molar-refractivity contribution in [3.05, 3.63) is 95.7 Å². The molecule has 2 N–H and O–H groups in total. The highest BCUT2D eigenvalue weighted by Crippen LogP contribution is 2.44. The molecule has 0 saturated carbocycles. The largest absolute Gasteiger partial charge is 0.465 e. The number of esters is 1. The fraction of sp³-hybridized carbons (Fsp3) is 0.281. The Bertz CT molecular complexity index is 1520. The first-order valence-corrected chi connectivity index (χ1v) is 13.1. The molecule has 4 aromatic rings. The number of hydrogen-bond acceptors (Lipinski definition) is 5. The predicted octanol–water partition coefficient (Wildman–Crippen LogP) is 5.81. The summed E-state index contributed by atoms with van der Waals surface area (Å²) in [6, 6.07) is 23.6. The van der Waals surface area contributed by atoms with Crippen LogP contribution < -0.4 is 5.73 Å². The van der Waals surface area contributed by atoms with Crippen molar-refractivity contribution >= 4 is 28.9 Å². The summed E-state index contributed by atoms with van der Waals surface area (Å²) >= 11 is 0. The Morgan fingerprint density at radius 3 is 2.10 bits per heavy atom. The van der Waals surface area contributed by atoms with Gasteiger partial charge in [0.2, 0.25) is 5.91 Å². The second-order valence-corrected chi connectivity index (χ2v) is 10.9. The molecule has 1 atom stereocenters. The zero-order valence-electron chi connectivity index (χ0n) is 22.3. The lowest BCUT2D eigenvalue weighted by Crippen LogP contribution is -2.28. The molecule has 200 valence electrons. The van der Waals surface area contributed by atoms with Gasteiger partial charge in [-0.2, -0.15) is 0 Å². The van der Waals surface area contributed by atoms with Gasteiger partial charge in [-0.3, -0.25) is 14.2 Å². The summed E-state index contributed by atoms with van der Waals surface area (Å²) in [6.45, 7) is 5.58. The normalized spacial score (nSPS) is 13.5. The van der Waals surface area contributed by atoms with Crippen molar-refractivity contribution in [2.45, 2.75) is 45.1 Å². The van der Waals surface area contributed by atoms with E-state index >= 15 is 0 Å². The zero-order valence-corrected chi connectivity index (χ0v) is 22.3. The minimum absolute atomic E-state index is 0.0693. The molecule has 1 aromatic heterocycles. The van der Waals surface area contributed by atoms with E-state index in [4.69, 9.17) is 15.2 Å². The van der Waals surface area contributed by atoms with Crippen LogP contribution in [0.3, 0.4) is 0 Å². The Balaban J connectivity index is 1.31. The van der Waals surface area contributed by atoms with Crippen LogP contribution in [0.4, 0.5) is 4.79 Å². The van der Waals surface area contributed by atoms with E-state index in [0.29, 0.717) is 5.52 Å². The van der Waals surface area contributed by atoms with Gasteiger partial charge < -0.3 is 15.2 Å². The maximum atomic E-state index is 13.0. The molecule has 0 unspecified atom stereocenters. The number of aromatic nitrogens is 1. The van der Waals surface area contributed by atoms with Crippen LogP contribution >= 0.6 is 0 Å². The minimum Gasteiger partial charge on any atom is -0.465 e. The molecular formula is C32H32N2O5. The van der Waals surface area contributed by atoms with E-state index in [9.17, 15) is 14.4 Å². The van der Waals surface area contributed by atoms with E-state index in [1.165, 1.54) is 4.57 Å². The topological polar surface area (TPSA) is 101 Å². The zero-order chi connectivity index (χ0) is 27.7. The molecule has 1 aliphatic rings. The summed E-state index contributed by atoms with van der Waals surface area (Å²) < 4.78 is 12.7. The Morgan fingerprint density at radius 1 is 0.897 bits per heavy atom. The molecule has 1 aliphatic carbocycles. The number of nitrogens with two attached hydrogens (primary N) is 1. The number of fused-ring (bicyclic) bond motifs is 4. The number of amides is 1. The second-order valence-electron chi connectivity index (χ2n) is 10.9. The summed E-state index contributed by atoms with van der Waals surface area (Å²) in [5.41, 5.74) is 11.0. The van der Waals surface area contributed by atoms with Gasteiger partial charge in [-0.25, -0.2) is 4.79 Å². The van der Waals surface area contributed by atoms with Crippen LogP contribution in [-0.4, -0.2) is 34.7 Å². The summed E-state index contributed by atoms with van der Waals surface area (Å²) in [6.07, 6.45) is 1.18. The average molecular weight is 525 g/mol. The summed E-state index contributed by atoms with van der Waals surface area (Å²) in [4.78, 5) is 38.2. The molecular weight excluding hydrogens is 492 g/mol. The van der Waals surface area contributed by atoms with Crippen LogP contribution in [0.1, 0.15) is 49.8 Å². The van der Waals surface area contributed by atoms with Gasteiger partial charge >= 0.3 is 12.1 Å². The molecule has 0 aliphatic heterocycles. The highest BCUT2D eigenvalue weighted by atomic mass is 16.6. The Kier molecular flexibility index (Phi) is 7.00. The number of primary amides is 1. The molecule has 7 nitrogen and oxygen atoms in total. The van der Waals surface area contributed by atoms with E-state index in [2.05, 4.69) is 24.3 Å². The SMILES string of the molecule is CC(C)(C)OC(=O)n1cc(C[C@H](CC(=O)OCC2c3ccccc3-c3ccccc32)C(N)=O)c2ccccc21. The number of hydrogen-bond donors (Lipinski definition) is 1. The Morgan fingerprint density at radius 2 is 1.49 bits per heavy atom. The van der Waals surface area contributed by atoms with Gasteiger partial charge in [0.15, 0.2) is 0 Å². The number of benzene rings is 3. The third-order valence-electron chi connectivity index (χ3n) is 7.04. The maximum absolute atomic E-state index is 13.0. The van der Waals surface area contributed by atoms with Crippen molar-refractivity contribution in [2.75, 3.05) is 6.61 Å². The standard InChI is InChI=1S/C32H32N2O5/c1-32(2,3)39-31(37)34-18-21(22-10-8-9-15-28(22)34)16-20(30(33)36)17-29(35)38-19-27-25-13-6-4-11-23(25)24-12-5-7-14-26(24)27/h4-15,18,20,27H,16-17,19H2,1-3H3,(H2,33,36)/t20-/m1/s1. The third kappa shape index (κ3) is 5.43. The van der Waals surface area contributed by atoms with E-state index in [-0.39, 0.29) is 25.4 Å². The Hall–Kier alpha value is -4.39. The van der Waals surface area contributed by atoms with Crippen LogP contribution in [0, 0.1) is 5.92 Å². The molecule has 0 radical (unpaired) electrons. The molecule has 5 rings (SSSR count). The molecule has 0 saturated heterocycles. The first-order valence-electron chi connectivity index (χ1n) is 13.1. The first-order chi connectivity index (χ1) is 18.6. The van der Waals surface area contributed by atoms with Crippen molar-refractivity contribution < 1.29 is 23.9 Å². The molecule has 0 spiro atoms. The van der Waals surface area contributed by atoms with Crippen molar-refractivity contribution in [3.63, 3.8) is 0 Å². The van der Waals surface area contributed by atoms with Crippen molar-refractivity contribution in [1.29, 1.82) is 0 Å². The van der Waals surface area contributed by atoms with E-state index in [1.54, 1.807) is 27.0 Å². The highest BCUT2D eigenvalue weighted by Gasteiger charge is 2.30. The number of nitrogens with zero attached hydrogens (tertiary/aromatic N) is 1. The van der Waals surface area contributed by atoms with Crippen LogP contribution in [0.5, 0.6) is 0 Å². The van der Waals surface area contributed by atoms with Gasteiger partial charge in [-0.1, -0.05) is 66.7 Å². The van der Waals surface area contributed by atoms with Crippen LogP contribution in [0.2, 0.25) is 0 Å². The summed E-state index contributed by atoms with van der Waals surface area (Å²) in [5.74, 6) is -1.95. The average Bonchev–Trinajstić information content (AvgIpc) is 3.42. The smallest absolute Gasteiger partial charge is 0.419 e. The lowest BCUT2D eigenvalue weighted by Gasteiger charge is -2.19. The Labute approximate surface area is 227 Å². The molecule has 3 aromatic carbocycles. The monoisotopic (exact) mass is 524 g/mol. The fourth-order valence-electron chi connectivity index (χ4n) is 5.29. The van der Waals surface area contributed by atoms with E-state index in [0.717, 1.165) is 33.2 Å². The van der Waals surface area contributed by atoms with E-state index < -0.39 is 29.5 Å². The molecule has 39 heavy (non-hydrogen) atoms. The molecule has 7 heteroatoms. The number of rotatable bonds is 7. The van der Waals surface area contributed by atoms with Gasteiger partial charge in [-0.15, -0.1) is 0 Å². The second kappa shape index (κ2) is 10.4. The number of carbonyl (C=O) groups is 3. The van der Waals surface area contributed by atoms with Gasteiger partial charge in [-0.05, 0) is 61.1 Å².